The second-order valence-electron chi connectivity index (χ2n) is 6.65. The number of aliphatic hydroxyl groups is 1. The normalized spacial score (nSPS) is 28.0. The van der Waals surface area contributed by atoms with Crippen molar-refractivity contribution in [2.24, 2.45) is 11.8 Å². The summed E-state index contributed by atoms with van der Waals surface area (Å²) < 4.78 is 0. The molecule has 1 aliphatic rings. The van der Waals surface area contributed by atoms with E-state index < -0.39 is 5.60 Å². The van der Waals surface area contributed by atoms with Crippen molar-refractivity contribution >= 4 is 6.03 Å². The SMILES string of the molecule is CCN(CC(C)(C)O)C(=O)NC1CCCC(C)C1C. The van der Waals surface area contributed by atoms with E-state index in [0.29, 0.717) is 24.9 Å². The number of carbonyl (C=O) groups excluding carboxylic acids is 1. The molecule has 0 aromatic rings. The molecular weight excluding hydrogens is 240 g/mol. The number of amides is 2. The molecule has 3 atom stereocenters. The summed E-state index contributed by atoms with van der Waals surface area (Å²) in [4.78, 5) is 14.0. The van der Waals surface area contributed by atoms with Crippen molar-refractivity contribution in [3.05, 3.63) is 0 Å². The van der Waals surface area contributed by atoms with Crippen LogP contribution in [0.1, 0.15) is 53.9 Å². The number of hydrogen-bond donors (Lipinski definition) is 2. The maximum atomic E-state index is 12.3. The Morgan fingerprint density at radius 1 is 1.37 bits per heavy atom. The molecule has 1 aliphatic carbocycles. The van der Waals surface area contributed by atoms with E-state index >= 15 is 0 Å². The number of nitrogens with one attached hydrogen (secondary N) is 1. The van der Waals surface area contributed by atoms with Crippen LogP contribution in [0.5, 0.6) is 0 Å². The van der Waals surface area contributed by atoms with E-state index in [1.165, 1.54) is 12.8 Å². The molecule has 0 aromatic heterocycles. The summed E-state index contributed by atoms with van der Waals surface area (Å²) in [5.74, 6) is 1.20. The van der Waals surface area contributed by atoms with Gasteiger partial charge < -0.3 is 15.3 Å². The minimum absolute atomic E-state index is 0.0458. The van der Waals surface area contributed by atoms with Crippen molar-refractivity contribution in [3.63, 3.8) is 0 Å². The van der Waals surface area contributed by atoms with Gasteiger partial charge in [-0.2, -0.15) is 0 Å². The van der Waals surface area contributed by atoms with Gasteiger partial charge in [0.1, 0.15) is 0 Å². The molecule has 1 rings (SSSR count). The highest BCUT2D eigenvalue weighted by atomic mass is 16.3. The first-order valence-electron chi connectivity index (χ1n) is 7.52. The van der Waals surface area contributed by atoms with Gasteiger partial charge in [0.25, 0.3) is 0 Å². The number of likely N-dealkylation sites (N-methyl/N-ethyl adjacent to an activating group) is 1. The van der Waals surface area contributed by atoms with Gasteiger partial charge in [0.2, 0.25) is 0 Å². The highest BCUT2D eigenvalue weighted by Gasteiger charge is 2.30. The van der Waals surface area contributed by atoms with Gasteiger partial charge in [-0.05, 0) is 39.0 Å². The van der Waals surface area contributed by atoms with Crippen LogP contribution in [0.25, 0.3) is 0 Å². The Labute approximate surface area is 117 Å². The lowest BCUT2D eigenvalue weighted by Gasteiger charge is -2.36. The van der Waals surface area contributed by atoms with Crippen molar-refractivity contribution in [2.75, 3.05) is 13.1 Å². The summed E-state index contributed by atoms with van der Waals surface area (Å²) in [7, 11) is 0. The number of carbonyl (C=O) groups is 1. The smallest absolute Gasteiger partial charge is 0.317 e. The molecule has 0 saturated heterocycles. The summed E-state index contributed by atoms with van der Waals surface area (Å²) in [6, 6.07) is 0.225. The van der Waals surface area contributed by atoms with Gasteiger partial charge >= 0.3 is 6.03 Å². The third-order valence-electron chi connectivity index (χ3n) is 4.26. The summed E-state index contributed by atoms with van der Waals surface area (Å²) in [5.41, 5.74) is -0.848. The van der Waals surface area contributed by atoms with E-state index in [1.807, 2.05) is 6.92 Å². The Morgan fingerprint density at radius 2 is 2.00 bits per heavy atom. The van der Waals surface area contributed by atoms with Crippen molar-refractivity contribution in [3.8, 4) is 0 Å². The molecule has 0 aliphatic heterocycles. The molecule has 2 amide bonds. The van der Waals surface area contributed by atoms with Gasteiger partial charge in [0.05, 0.1) is 12.1 Å². The van der Waals surface area contributed by atoms with Crippen LogP contribution < -0.4 is 5.32 Å². The van der Waals surface area contributed by atoms with Crippen LogP contribution in [0.2, 0.25) is 0 Å². The molecular formula is C15H30N2O2. The fourth-order valence-corrected chi connectivity index (χ4v) is 2.83. The van der Waals surface area contributed by atoms with E-state index in [-0.39, 0.29) is 12.1 Å². The lowest BCUT2D eigenvalue weighted by atomic mass is 9.78. The number of rotatable bonds is 4. The molecule has 0 radical (unpaired) electrons. The van der Waals surface area contributed by atoms with Gasteiger partial charge in [-0.25, -0.2) is 4.79 Å². The van der Waals surface area contributed by atoms with E-state index in [4.69, 9.17) is 0 Å². The second-order valence-corrected chi connectivity index (χ2v) is 6.65. The highest BCUT2D eigenvalue weighted by Crippen LogP contribution is 2.29. The number of hydrogen-bond acceptors (Lipinski definition) is 2. The maximum absolute atomic E-state index is 12.3. The second kappa shape index (κ2) is 6.60. The molecule has 112 valence electrons. The third-order valence-corrected chi connectivity index (χ3v) is 4.26. The average molecular weight is 270 g/mol. The topological polar surface area (TPSA) is 52.6 Å². The first-order chi connectivity index (χ1) is 8.74. The van der Waals surface area contributed by atoms with E-state index in [0.717, 1.165) is 6.42 Å². The molecule has 4 nitrogen and oxygen atoms in total. The summed E-state index contributed by atoms with van der Waals surface area (Å²) in [5, 5.41) is 13.0. The maximum Gasteiger partial charge on any atom is 0.317 e. The van der Waals surface area contributed by atoms with Crippen LogP contribution in [0.15, 0.2) is 0 Å². The molecule has 19 heavy (non-hydrogen) atoms. The lowest BCUT2D eigenvalue weighted by molar-refractivity contribution is 0.0465. The van der Waals surface area contributed by atoms with Gasteiger partial charge in [0, 0.05) is 12.6 Å². The number of urea groups is 1. The summed E-state index contributed by atoms with van der Waals surface area (Å²) in [6.45, 7) is 10.9. The van der Waals surface area contributed by atoms with Crippen molar-refractivity contribution in [1.82, 2.24) is 10.2 Å². The van der Waals surface area contributed by atoms with Crippen LogP contribution >= 0.6 is 0 Å². The molecule has 4 heteroatoms. The average Bonchev–Trinajstić information content (AvgIpc) is 2.30. The zero-order valence-corrected chi connectivity index (χ0v) is 13.1. The minimum atomic E-state index is -0.848. The first-order valence-corrected chi connectivity index (χ1v) is 7.52. The third kappa shape index (κ3) is 5.01. The zero-order valence-electron chi connectivity index (χ0n) is 13.1. The van der Waals surface area contributed by atoms with Crippen molar-refractivity contribution in [2.45, 2.75) is 65.5 Å². The molecule has 0 heterocycles. The molecule has 2 N–H and O–H groups in total. The fourth-order valence-electron chi connectivity index (χ4n) is 2.83. The van der Waals surface area contributed by atoms with Crippen LogP contribution in [0.3, 0.4) is 0 Å². The van der Waals surface area contributed by atoms with Gasteiger partial charge in [-0.3, -0.25) is 0 Å². The quantitative estimate of drug-likeness (QED) is 0.825. The largest absolute Gasteiger partial charge is 0.389 e. The van der Waals surface area contributed by atoms with E-state index in [2.05, 4.69) is 19.2 Å². The van der Waals surface area contributed by atoms with Crippen molar-refractivity contribution in [1.29, 1.82) is 0 Å². The summed E-state index contributed by atoms with van der Waals surface area (Å²) in [6.07, 6.45) is 3.51. The van der Waals surface area contributed by atoms with E-state index in [9.17, 15) is 9.90 Å². The fraction of sp³-hybridized carbons (Fsp3) is 0.933. The predicted molar refractivity (Wildman–Crippen MR) is 78.0 cm³/mol. The Hall–Kier alpha value is -0.770. The van der Waals surface area contributed by atoms with Gasteiger partial charge in [0.15, 0.2) is 0 Å². The molecule has 0 aromatic carbocycles. The molecule has 1 fully saturated rings. The zero-order chi connectivity index (χ0) is 14.6. The first kappa shape index (κ1) is 16.3. The predicted octanol–water partition coefficient (Wildman–Crippen LogP) is 2.61. The standard InChI is InChI=1S/C15H30N2O2/c1-6-17(10-15(4,5)19)14(18)16-13-9-7-8-11(2)12(13)3/h11-13,19H,6-10H2,1-5H3,(H,16,18). The van der Waals surface area contributed by atoms with Gasteiger partial charge in [-0.1, -0.05) is 26.7 Å². The van der Waals surface area contributed by atoms with Crippen LogP contribution in [-0.2, 0) is 0 Å². The Kier molecular flexibility index (Phi) is 5.65. The van der Waals surface area contributed by atoms with Crippen molar-refractivity contribution < 1.29 is 9.90 Å². The Balaban J connectivity index is 2.56. The van der Waals surface area contributed by atoms with Crippen LogP contribution in [0.4, 0.5) is 4.79 Å². The lowest BCUT2D eigenvalue weighted by Crippen LogP contribution is -2.52. The Bertz CT molecular complexity index is 299. The van der Waals surface area contributed by atoms with Crippen LogP contribution in [0, 0.1) is 11.8 Å². The molecule has 0 bridgehead atoms. The van der Waals surface area contributed by atoms with Crippen LogP contribution in [-0.4, -0.2) is 40.8 Å². The molecule has 3 unspecified atom stereocenters. The monoisotopic (exact) mass is 270 g/mol. The van der Waals surface area contributed by atoms with E-state index in [1.54, 1.807) is 18.7 Å². The summed E-state index contributed by atoms with van der Waals surface area (Å²) >= 11 is 0. The molecule has 1 saturated carbocycles. The highest BCUT2D eigenvalue weighted by molar-refractivity contribution is 5.74. The van der Waals surface area contributed by atoms with Gasteiger partial charge in [-0.15, -0.1) is 0 Å². The molecule has 0 spiro atoms. The Morgan fingerprint density at radius 3 is 2.53 bits per heavy atom. The minimum Gasteiger partial charge on any atom is -0.389 e. The number of nitrogens with zero attached hydrogens (tertiary/aromatic N) is 1.